The van der Waals surface area contributed by atoms with E-state index in [0.29, 0.717) is 0 Å². The first-order chi connectivity index (χ1) is 25.2. The van der Waals surface area contributed by atoms with Gasteiger partial charge in [-0.05, 0) is 69.8 Å². The van der Waals surface area contributed by atoms with Crippen molar-refractivity contribution in [1.29, 1.82) is 0 Å². The molecule has 9 rings (SSSR count). The number of hydrogen-bond donors (Lipinski definition) is 3. The molecule has 0 aliphatic carbocycles. The predicted molar refractivity (Wildman–Crippen MR) is 228 cm³/mol. The fourth-order valence-electron chi connectivity index (χ4n) is 7.13. The van der Waals surface area contributed by atoms with Crippen molar-refractivity contribution < 1.29 is 0 Å². The Kier molecular flexibility index (Phi) is 10.4. The van der Waals surface area contributed by atoms with Gasteiger partial charge in [0, 0.05) is 48.9 Å². The van der Waals surface area contributed by atoms with Crippen LogP contribution in [0.5, 0.6) is 0 Å². The highest BCUT2D eigenvalue weighted by Gasteiger charge is 2.22. The minimum atomic E-state index is 1.04. The highest BCUT2D eigenvalue weighted by molar-refractivity contribution is 6.39. The summed E-state index contributed by atoms with van der Waals surface area (Å²) in [6.45, 7) is 20.0. The van der Waals surface area contributed by atoms with Crippen LogP contribution in [0.1, 0.15) is 47.1 Å². The van der Waals surface area contributed by atoms with Crippen molar-refractivity contribution >= 4 is 71.0 Å². The van der Waals surface area contributed by atoms with Gasteiger partial charge in [-0.25, -0.2) is 0 Å². The number of fused-ring (bicyclic) bond motifs is 12. The number of benzene rings is 6. The molecule has 6 aromatic carbocycles. The topological polar surface area (TPSA) is 47.4 Å². The number of aromatic nitrogens is 3. The van der Waals surface area contributed by atoms with Crippen LogP contribution in [0.4, 0.5) is 0 Å². The summed E-state index contributed by atoms with van der Waals surface area (Å²) in [5, 5.41) is 7.20. The smallest absolute Gasteiger partial charge is 0.0588 e. The molecule has 0 radical (unpaired) electrons. The highest BCUT2D eigenvalue weighted by atomic mass is 14.8. The van der Waals surface area contributed by atoms with Crippen molar-refractivity contribution in [2.75, 3.05) is 0 Å². The van der Waals surface area contributed by atoms with E-state index in [9.17, 15) is 0 Å². The Balaban J connectivity index is 0.000000712. The molecule has 0 spiro atoms. The number of allylic oxidation sites excluding steroid dienone is 4. The van der Waals surface area contributed by atoms with Crippen LogP contribution in [0.25, 0.3) is 93.2 Å². The van der Waals surface area contributed by atoms with Crippen molar-refractivity contribution in [3.05, 3.63) is 152 Å². The van der Waals surface area contributed by atoms with Gasteiger partial charge in [-0.15, -0.1) is 0 Å². The first-order valence-corrected chi connectivity index (χ1v) is 18.3. The van der Waals surface area contributed by atoms with Crippen LogP contribution in [0.3, 0.4) is 0 Å². The third kappa shape index (κ3) is 5.95. The van der Waals surface area contributed by atoms with Crippen molar-refractivity contribution in [1.82, 2.24) is 15.0 Å². The molecule has 3 N–H and O–H groups in total. The van der Waals surface area contributed by atoms with Gasteiger partial charge in [0.2, 0.25) is 0 Å². The molecule has 0 bridgehead atoms. The summed E-state index contributed by atoms with van der Waals surface area (Å²) in [5.74, 6) is 0. The molecular weight excluding hydrogens is 619 g/mol. The average molecular weight is 666 g/mol. The summed E-state index contributed by atoms with van der Waals surface area (Å²) in [6.07, 6.45) is 5.72. The van der Waals surface area contributed by atoms with E-state index in [1.807, 2.05) is 59.8 Å². The zero-order chi connectivity index (χ0) is 36.1. The van der Waals surface area contributed by atoms with E-state index in [0.717, 1.165) is 44.2 Å². The fourth-order valence-corrected chi connectivity index (χ4v) is 7.13. The Bertz CT molecular complexity index is 2580. The lowest BCUT2D eigenvalue weighted by molar-refractivity contribution is 1.50. The maximum atomic E-state index is 4.07. The van der Waals surface area contributed by atoms with Gasteiger partial charge in [0.1, 0.15) is 0 Å². The van der Waals surface area contributed by atoms with Crippen LogP contribution < -0.4 is 0 Å². The third-order valence-electron chi connectivity index (χ3n) is 9.21. The van der Waals surface area contributed by atoms with Gasteiger partial charge >= 0.3 is 0 Å². The van der Waals surface area contributed by atoms with Gasteiger partial charge in [0.15, 0.2) is 0 Å². The molecule has 0 aliphatic rings. The maximum Gasteiger partial charge on any atom is 0.0588 e. The molecule has 3 heteroatoms. The second-order valence-corrected chi connectivity index (χ2v) is 11.7. The summed E-state index contributed by atoms with van der Waals surface area (Å²) < 4.78 is 0. The SMILES string of the molecule is C=C/C=C(\C=C)c1ccc2[nH]c3c(c2c1)c1[nH]c2ccc(-c4ccccc4)cc2c1c1[nH]c2ccc(-c4ccccc4)cc2c31.CC.CC.CC. The quantitative estimate of drug-likeness (QED) is 0.153. The molecule has 0 saturated carbocycles. The lowest BCUT2D eigenvalue weighted by Gasteiger charge is -2.04. The number of rotatable bonds is 5. The van der Waals surface area contributed by atoms with Gasteiger partial charge in [0.05, 0.1) is 16.6 Å². The molecule has 0 saturated heterocycles. The van der Waals surface area contributed by atoms with Gasteiger partial charge in [0.25, 0.3) is 0 Å². The van der Waals surface area contributed by atoms with Gasteiger partial charge in [-0.3, -0.25) is 0 Å². The molecule has 3 aromatic heterocycles. The minimum Gasteiger partial charge on any atom is -0.354 e. The monoisotopic (exact) mass is 665 g/mol. The van der Waals surface area contributed by atoms with Gasteiger partial charge in [-0.1, -0.05) is 152 Å². The fraction of sp³-hybridized carbons (Fsp3) is 0.125. The average Bonchev–Trinajstić information content (AvgIpc) is 3.90. The lowest BCUT2D eigenvalue weighted by atomic mass is 9.98. The van der Waals surface area contributed by atoms with Crippen LogP contribution in [0.15, 0.2) is 147 Å². The van der Waals surface area contributed by atoms with Crippen LogP contribution >= 0.6 is 0 Å². The van der Waals surface area contributed by atoms with E-state index in [1.165, 1.54) is 54.6 Å². The second-order valence-electron chi connectivity index (χ2n) is 11.7. The minimum absolute atomic E-state index is 1.04. The summed E-state index contributed by atoms with van der Waals surface area (Å²) in [7, 11) is 0. The highest BCUT2D eigenvalue weighted by Crippen LogP contribution is 2.45. The molecule has 0 fully saturated rings. The van der Waals surface area contributed by atoms with E-state index in [-0.39, 0.29) is 0 Å². The third-order valence-corrected chi connectivity index (χ3v) is 9.21. The molecule has 0 aliphatic heterocycles. The molecule has 0 unspecified atom stereocenters. The second kappa shape index (κ2) is 15.2. The summed E-state index contributed by atoms with van der Waals surface area (Å²) in [5.41, 5.74) is 13.7. The zero-order valence-electron chi connectivity index (χ0n) is 30.6. The summed E-state index contributed by atoms with van der Waals surface area (Å²) >= 11 is 0. The summed E-state index contributed by atoms with van der Waals surface area (Å²) in [4.78, 5) is 11.5. The van der Waals surface area contributed by atoms with E-state index < -0.39 is 0 Å². The van der Waals surface area contributed by atoms with Crippen molar-refractivity contribution in [2.45, 2.75) is 41.5 Å². The normalized spacial score (nSPS) is 11.2. The standard InChI is InChI=1S/C42H29N3.3C2H6/c1-3-11-25(4-2)28-16-19-34-31(22-28)37-40(43-34)38-33-24-30(27-14-9-6-10-15-27)18-21-36(33)45-42(38)39-32-23-29(26-12-7-5-8-13-26)17-20-35(32)44-41(37)39;3*1-2/h3-24,43-45H,1-2H2;3*1-2H3/b25-11+;;;. The number of aromatic amines is 3. The van der Waals surface area contributed by atoms with Crippen LogP contribution in [0.2, 0.25) is 0 Å². The predicted octanol–water partition coefficient (Wildman–Crippen LogP) is 14.8. The maximum absolute atomic E-state index is 4.07. The Hall–Kier alpha value is -6.06. The van der Waals surface area contributed by atoms with Gasteiger partial charge < -0.3 is 15.0 Å². The largest absolute Gasteiger partial charge is 0.354 e. The number of hydrogen-bond acceptors (Lipinski definition) is 0. The first-order valence-electron chi connectivity index (χ1n) is 18.3. The molecule has 0 amide bonds. The van der Waals surface area contributed by atoms with E-state index in [1.54, 1.807) is 0 Å². The summed E-state index contributed by atoms with van der Waals surface area (Å²) in [6, 6.07) is 41.4. The number of nitrogens with one attached hydrogen (secondary N) is 3. The van der Waals surface area contributed by atoms with E-state index in [4.69, 9.17) is 0 Å². The number of H-pyrrole nitrogens is 3. The molecule has 3 heterocycles. The lowest BCUT2D eigenvalue weighted by Crippen LogP contribution is -1.81. The van der Waals surface area contributed by atoms with Crippen LogP contribution in [-0.4, -0.2) is 15.0 Å². The van der Waals surface area contributed by atoms with Crippen LogP contribution in [-0.2, 0) is 0 Å². The van der Waals surface area contributed by atoms with E-state index in [2.05, 4.69) is 143 Å². The molecule has 254 valence electrons. The molecule has 0 atom stereocenters. The van der Waals surface area contributed by atoms with Crippen LogP contribution in [0, 0.1) is 0 Å². The first kappa shape index (κ1) is 34.8. The molecule has 9 aromatic rings. The Morgan fingerprint density at radius 3 is 1.24 bits per heavy atom. The van der Waals surface area contributed by atoms with Crippen molar-refractivity contribution in [3.8, 4) is 22.3 Å². The Morgan fingerprint density at radius 1 is 0.451 bits per heavy atom. The Morgan fingerprint density at radius 2 is 0.843 bits per heavy atom. The molecule has 3 nitrogen and oxygen atoms in total. The molecule has 51 heavy (non-hydrogen) atoms. The molecular formula is C48H47N3. The van der Waals surface area contributed by atoms with E-state index >= 15 is 0 Å². The Labute approximate surface area is 301 Å². The van der Waals surface area contributed by atoms with Gasteiger partial charge in [-0.2, -0.15) is 0 Å². The zero-order valence-corrected chi connectivity index (χ0v) is 30.6. The van der Waals surface area contributed by atoms with Crippen molar-refractivity contribution in [3.63, 3.8) is 0 Å². The van der Waals surface area contributed by atoms with Crippen molar-refractivity contribution in [2.24, 2.45) is 0 Å².